The summed E-state index contributed by atoms with van der Waals surface area (Å²) in [7, 11) is 0. The van der Waals surface area contributed by atoms with E-state index >= 15 is 0 Å². The Morgan fingerprint density at radius 3 is 2.60 bits per heavy atom. The molecule has 0 radical (unpaired) electrons. The Balaban J connectivity index is 0.000000187. The third kappa shape index (κ3) is 4.61. The van der Waals surface area contributed by atoms with Gasteiger partial charge >= 0.3 is 0 Å². The van der Waals surface area contributed by atoms with Gasteiger partial charge in [-0.05, 0) is 18.2 Å². The number of H-pyrrole nitrogens is 1. The molecule has 2 aromatic rings. The van der Waals surface area contributed by atoms with Crippen LogP contribution in [-0.2, 0) is 6.42 Å². The zero-order chi connectivity index (χ0) is 10.9. The molecule has 0 atom stereocenters. The lowest BCUT2D eigenvalue weighted by Gasteiger charge is -1.94. The predicted molar refractivity (Wildman–Crippen MR) is 61.1 cm³/mol. The van der Waals surface area contributed by atoms with Crippen LogP contribution in [-0.4, -0.2) is 15.0 Å². The average Bonchev–Trinajstić information content (AvgIpc) is 2.76. The van der Waals surface area contributed by atoms with Crippen molar-refractivity contribution in [2.24, 2.45) is 0 Å². The predicted octanol–water partition coefficient (Wildman–Crippen LogP) is 1.80. The number of aromatic nitrogens is 3. The van der Waals surface area contributed by atoms with E-state index in [4.69, 9.17) is 5.73 Å². The van der Waals surface area contributed by atoms with Crippen molar-refractivity contribution in [3.8, 4) is 0 Å². The molecular weight excluding hydrogens is 188 g/mol. The molecule has 0 fully saturated rings. The van der Waals surface area contributed by atoms with E-state index in [0.29, 0.717) is 5.95 Å². The number of hydrogen-bond acceptors (Lipinski definition) is 3. The van der Waals surface area contributed by atoms with Crippen LogP contribution in [0.5, 0.6) is 0 Å². The summed E-state index contributed by atoms with van der Waals surface area (Å²) in [6.07, 6.45) is 7.91. The molecule has 15 heavy (non-hydrogen) atoms. The number of anilines is 1. The highest BCUT2D eigenvalue weighted by atomic mass is 15.0. The van der Waals surface area contributed by atoms with E-state index in [0.717, 1.165) is 12.1 Å². The molecule has 0 aliphatic carbocycles. The number of allylic oxidation sites excluding steroid dienone is 1. The molecule has 0 aliphatic rings. The van der Waals surface area contributed by atoms with E-state index in [1.54, 1.807) is 12.3 Å². The lowest BCUT2D eigenvalue weighted by atomic mass is 10.3. The van der Waals surface area contributed by atoms with Crippen molar-refractivity contribution >= 4 is 5.95 Å². The minimum Gasteiger partial charge on any atom is -0.368 e. The van der Waals surface area contributed by atoms with E-state index < -0.39 is 0 Å². The van der Waals surface area contributed by atoms with Crippen molar-refractivity contribution in [3.63, 3.8) is 0 Å². The van der Waals surface area contributed by atoms with E-state index in [2.05, 4.69) is 21.5 Å². The summed E-state index contributed by atoms with van der Waals surface area (Å²) in [6.45, 7) is 3.58. The normalized spacial score (nSPS) is 8.80. The number of hydrogen-bond donors (Lipinski definition) is 2. The van der Waals surface area contributed by atoms with Crippen molar-refractivity contribution in [3.05, 3.63) is 55.1 Å². The minimum absolute atomic E-state index is 0.319. The number of nitrogen functional groups attached to an aromatic ring is 1. The Hall–Kier alpha value is -2.10. The molecule has 3 N–H and O–H groups in total. The summed E-state index contributed by atoms with van der Waals surface area (Å²) in [4.78, 5) is 10.6. The first-order valence-electron chi connectivity index (χ1n) is 4.59. The highest BCUT2D eigenvalue weighted by molar-refractivity contribution is 5.18. The molecule has 2 aromatic heterocycles. The third-order valence-electron chi connectivity index (χ3n) is 1.58. The Bertz CT molecular complexity index is 364. The number of rotatable bonds is 2. The molecule has 2 rings (SSSR count). The van der Waals surface area contributed by atoms with Gasteiger partial charge in [-0.2, -0.15) is 0 Å². The van der Waals surface area contributed by atoms with Crippen LogP contribution in [0.4, 0.5) is 5.95 Å². The summed E-state index contributed by atoms with van der Waals surface area (Å²) < 4.78 is 0. The monoisotopic (exact) mass is 202 g/mol. The quantitative estimate of drug-likeness (QED) is 0.730. The fourth-order valence-electron chi connectivity index (χ4n) is 0.952. The second-order valence-corrected chi connectivity index (χ2v) is 2.78. The molecule has 0 amide bonds. The van der Waals surface area contributed by atoms with Gasteiger partial charge < -0.3 is 10.7 Å². The molecule has 0 bridgehead atoms. The molecule has 0 spiro atoms. The van der Waals surface area contributed by atoms with Gasteiger partial charge in [-0.15, -0.1) is 6.58 Å². The minimum atomic E-state index is 0.319. The standard InChI is InChI=1S/C7H9N3.C4H5N/c1-2-3-6-4-5-9-7(8)10-6;1-2-4-5-3-1/h2,4-5H,1,3H2,(H2,8,9,10);1-5H. The van der Waals surface area contributed by atoms with E-state index in [1.807, 2.05) is 30.6 Å². The van der Waals surface area contributed by atoms with E-state index in [1.165, 1.54) is 0 Å². The highest BCUT2D eigenvalue weighted by Gasteiger charge is 1.90. The van der Waals surface area contributed by atoms with Gasteiger partial charge in [0.05, 0.1) is 0 Å². The Labute approximate surface area is 88.9 Å². The SMILES string of the molecule is C=CCc1ccnc(N)n1.c1cc[nH]c1. The van der Waals surface area contributed by atoms with E-state index in [-0.39, 0.29) is 0 Å². The van der Waals surface area contributed by atoms with Crippen LogP contribution < -0.4 is 5.73 Å². The molecule has 4 nitrogen and oxygen atoms in total. The zero-order valence-corrected chi connectivity index (χ0v) is 8.43. The molecule has 0 saturated carbocycles. The van der Waals surface area contributed by atoms with Crippen molar-refractivity contribution in [2.75, 3.05) is 5.73 Å². The summed E-state index contributed by atoms with van der Waals surface area (Å²) in [5, 5.41) is 0. The molecule has 0 unspecified atom stereocenters. The van der Waals surface area contributed by atoms with Gasteiger partial charge in [-0.25, -0.2) is 9.97 Å². The summed E-state index contributed by atoms with van der Waals surface area (Å²) in [5.41, 5.74) is 6.24. The van der Waals surface area contributed by atoms with Gasteiger partial charge in [0.15, 0.2) is 0 Å². The third-order valence-corrected chi connectivity index (χ3v) is 1.58. The Morgan fingerprint density at radius 1 is 1.40 bits per heavy atom. The Kier molecular flexibility index (Phi) is 4.66. The van der Waals surface area contributed by atoms with E-state index in [9.17, 15) is 0 Å². The first-order valence-corrected chi connectivity index (χ1v) is 4.59. The first kappa shape index (κ1) is 11.0. The number of nitrogens with two attached hydrogens (primary N) is 1. The number of nitrogens with zero attached hydrogens (tertiary/aromatic N) is 2. The molecule has 0 aromatic carbocycles. The van der Waals surface area contributed by atoms with Crippen LogP contribution in [0.3, 0.4) is 0 Å². The fourth-order valence-corrected chi connectivity index (χ4v) is 0.952. The average molecular weight is 202 g/mol. The van der Waals surface area contributed by atoms with Crippen LogP contribution in [0.1, 0.15) is 5.69 Å². The summed E-state index contributed by atoms with van der Waals surface area (Å²) >= 11 is 0. The van der Waals surface area contributed by atoms with Gasteiger partial charge in [0.2, 0.25) is 5.95 Å². The van der Waals surface area contributed by atoms with Crippen molar-refractivity contribution in [1.82, 2.24) is 15.0 Å². The topological polar surface area (TPSA) is 67.6 Å². The van der Waals surface area contributed by atoms with Gasteiger partial charge in [0.25, 0.3) is 0 Å². The second-order valence-electron chi connectivity index (χ2n) is 2.78. The van der Waals surface area contributed by atoms with Crippen LogP contribution in [0, 0.1) is 0 Å². The van der Waals surface area contributed by atoms with Gasteiger partial charge in [-0.3, -0.25) is 0 Å². The maximum Gasteiger partial charge on any atom is 0.220 e. The molecule has 4 heteroatoms. The smallest absolute Gasteiger partial charge is 0.220 e. The molecule has 0 aliphatic heterocycles. The lowest BCUT2D eigenvalue weighted by Crippen LogP contribution is -1.96. The molecule has 78 valence electrons. The van der Waals surface area contributed by atoms with Crippen molar-refractivity contribution in [2.45, 2.75) is 6.42 Å². The van der Waals surface area contributed by atoms with Crippen LogP contribution in [0.2, 0.25) is 0 Å². The summed E-state index contributed by atoms with van der Waals surface area (Å²) in [6, 6.07) is 5.71. The van der Waals surface area contributed by atoms with Crippen LogP contribution in [0.25, 0.3) is 0 Å². The molecular formula is C11H14N4. The summed E-state index contributed by atoms with van der Waals surface area (Å²) in [5.74, 6) is 0.319. The lowest BCUT2D eigenvalue weighted by molar-refractivity contribution is 1.06. The maximum atomic E-state index is 5.33. The molecule has 2 heterocycles. The highest BCUT2D eigenvalue weighted by Crippen LogP contribution is 1.96. The van der Waals surface area contributed by atoms with Crippen LogP contribution in [0.15, 0.2) is 49.4 Å². The van der Waals surface area contributed by atoms with Gasteiger partial charge in [0.1, 0.15) is 0 Å². The number of aromatic amines is 1. The number of nitrogens with one attached hydrogen (secondary N) is 1. The van der Waals surface area contributed by atoms with Gasteiger partial charge in [0, 0.05) is 30.7 Å². The first-order chi connectivity index (χ1) is 7.33. The van der Waals surface area contributed by atoms with Gasteiger partial charge in [-0.1, -0.05) is 6.08 Å². The maximum absolute atomic E-state index is 5.33. The molecule has 0 saturated heterocycles. The van der Waals surface area contributed by atoms with Crippen molar-refractivity contribution in [1.29, 1.82) is 0 Å². The van der Waals surface area contributed by atoms with Crippen LogP contribution >= 0.6 is 0 Å². The Morgan fingerprint density at radius 2 is 2.13 bits per heavy atom. The van der Waals surface area contributed by atoms with Crippen molar-refractivity contribution < 1.29 is 0 Å². The second kappa shape index (κ2) is 6.37. The zero-order valence-electron chi connectivity index (χ0n) is 8.43. The largest absolute Gasteiger partial charge is 0.368 e. The fraction of sp³-hybridized carbons (Fsp3) is 0.0909.